The third-order valence-corrected chi connectivity index (χ3v) is 6.32. The minimum atomic E-state index is -0.966. The molecule has 0 bridgehead atoms. The normalized spacial score (nSPS) is 15.2. The van der Waals surface area contributed by atoms with Gasteiger partial charge in [-0.15, -0.1) is 0 Å². The van der Waals surface area contributed by atoms with E-state index >= 15 is 0 Å². The molecule has 0 aliphatic carbocycles. The van der Waals surface area contributed by atoms with Gasteiger partial charge in [0.15, 0.2) is 0 Å². The maximum Gasteiger partial charge on any atom is 0.304 e. The molecular weight excluding hydrogens is 458 g/mol. The second-order valence-electron chi connectivity index (χ2n) is 8.97. The summed E-state index contributed by atoms with van der Waals surface area (Å²) in [4.78, 5) is 26.5. The van der Waals surface area contributed by atoms with Gasteiger partial charge in [-0.3, -0.25) is 14.9 Å². The van der Waals surface area contributed by atoms with Crippen molar-refractivity contribution >= 4 is 17.7 Å². The van der Waals surface area contributed by atoms with Crippen molar-refractivity contribution in [1.29, 1.82) is 0 Å². The van der Waals surface area contributed by atoms with Crippen molar-refractivity contribution in [3.8, 4) is 5.75 Å². The quantitative estimate of drug-likeness (QED) is 0.243. The third-order valence-electron chi connectivity index (χ3n) is 6.32. The number of pyridine rings is 1. The molecule has 1 aromatic heterocycles. The molecule has 36 heavy (non-hydrogen) atoms. The molecule has 0 fully saturated rings. The van der Waals surface area contributed by atoms with Crippen LogP contribution in [0.2, 0.25) is 0 Å². The van der Waals surface area contributed by atoms with Crippen LogP contribution in [0.25, 0.3) is 0 Å². The molecule has 2 aromatic carbocycles. The van der Waals surface area contributed by atoms with Crippen LogP contribution in [-0.4, -0.2) is 41.6 Å². The van der Waals surface area contributed by atoms with Crippen LogP contribution in [0.1, 0.15) is 29.5 Å². The molecule has 8 nitrogen and oxygen atoms in total. The zero-order valence-electron chi connectivity index (χ0n) is 20.1. The number of carboxylic acids is 1. The number of hydrogen-bond donors (Lipinski definition) is 2. The van der Waals surface area contributed by atoms with Crippen molar-refractivity contribution in [1.82, 2.24) is 4.90 Å². The first-order chi connectivity index (χ1) is 17.5. The molecule has 0 radical (unpaired) electrons. The number of aliphatic carboxylic acids is 1. The van der Waals surface area contributed by atoms with Crippen molar-refractivity contribution in [2.75, 3.05) is 25.0 Å². The first kappa shape index (κ1) is 25.0. The molecular formula is C28H31N3O5. The first-order valence-electron chi connectivity index (χ1n) is 12.2. The zero-order chi connectivity index (χ0) is 25.3. The van der Waals surface area contributed by atoms with Gasteiger partial charge in [0.2, 0.25) is 5.91 Å². The summed E-state index contributed by atoms with van der Waals surface area (Å²) in [5, 5.41) is 24.2. The number of ether oxygens (including phenoxy) is 1. The number of carbonyl (C=O) groups is 2. The molecule has 3 aromatic rings. The fourth-order valence-electron chi connectivity index (χ4n) is 4.44. The Hall–Kier alpha value is -4.07. The second kappa shape index (κ2) is 12.1. The predicted octanol–water partition coefficient (Wildman–Crippen LogP) is 3.42. The van der Waals surface area contributed by atoms with E-state index in [9.17, 15) is 19.9 Å². The van der Waals surface area contributed by atoms with Crippen LogP contribution in [0, 0.1) is 11.1 Å². The summed E-state index contributed by atoms with van der Waals surface area (Å²) in [7, 11) is 0. The van der Waals surface area contributed by atoms with Crippen LogP contribution >= 0.6 is 0 Å². The largest absolute Gasteiger partial charge is 0.711 e. The van der Waals surface area contributed by atoms with E-state index in [-0.39, 0.29) is 12.3 Å². The average molecular weight is 490 g/mol. The fraction of sp³-hybridized carbons (Fsp3) is 0.321. The van der Waals surface area contributed by atoms with Gasteiger partial charge in [-0.1, -0.05) is 42.5 Å². The van der Waals surface area contributed by atoms with Crippen LogP contribution in [0.15, 0.2) is 72.9 Å². The lowest BCUT2D eigenvalue weighted by Gasteiger charge is -2.24. The van der Waals surface area contributed by atoms with Crippen LogP contribution in [-0.2, 0) is 29.0 Å². The standard InChI is InChI=1S/C28H31N3O5/c32-27(33)19-23-17-22-10-11-25(36-16-6-13-29-26-9-4-5-14-31(26)35)18-24(22)20-30(28(23)34)15-12-21-7-2-1-3-8-21/h1-5,7-11,14,18,23,29H,6,12-13,15-17,19-20H2,(H,32,33)/t23-/m0/s1. The molecule has 0 saturated carbocycles. The number of nitrogens with zero attached hydrogens (tertiary/aromatic N) is 2. The molecule has 188 valence electrons. The topological polar surface area (TPSA) is 106 Å². The van der Waals surface area contributed by atoms with Gasteiger partial charge in [0.1, 0.15) is 5.75 Å². The van der Waals surface area contributed by atoms with Gasteiger partial charge in [-0.2, -0.15) is 0 Å². The molecule has 8 heteroatoms. The summed E-state index contributed by atoms with van der Waals surface area (Å²) in [6, 6.07) is 20.9. The van der Waals surface area contributed by atoms with Crippen molar-refractivity contribution in [2.45, 2.75) is 32.2 Å². The zero-order valence-corrected chi connectivity index (χ0v) is 20.1. The molecule has 1 aliphatic rings. The second-order valence-corrected chi connectivity index (χ2v) is 8.97. The van der Waals surface area contributed by atoms with Gasteiger partial charge < -0.3 is 20.0 Å². The Labute approximate surface area is 210 Å². The van der Waals surface area contributed by atoms with Gasteiger partial charge in [-0.25, -0.2) is 4.73 Å². The van der Waals surface area contributed by atoms with Crippen LogP contribution < -0.4 is 14.8 Å². The highest BCUT2D eigenvalue weighted by Crippen LogP contribution is 2.28. The monoisotopic (exact) mass is 489 g/mol. The lowest BCUT2D eigenvalue weighted by Crippen LogP contribution is -2.37. The SMILES string of the molecule is O=C(O)C[C@@H]1Cc2ccc(OCCCNc3cccc[n+]3[O-])cc2CN(CCc2ccccc2)C1=O. The molecule has 4 rings (SSSR count). The van der Waals surface area contributed by atoms with Crippen molar-refractivity contribution in [3.63, 3.8) is 0 Å². The number of carbonyl (C=O) groups excluding carboxylic acids is 1. The molecule has 0 saturated heterocycles. The summed E-state index contributed by atoms with van der Waals surface area (Å²) in [5.74, 6) is -0.460. The minimum Gasteiger partial charge on any atom is -0.711 e. The lowest BCUT2D eigenvalue weighted by atomic mass is 9.94. The third kappa shape index (κ3) is 6.75. The van der Waals surface area contributed by atoms with Crippen LogP contribution in [0.3, 0.4) is 0 Å². The Balaban J connectivity index is 1.39. The molecule has 1 aliphatic heterocycles. The number of benzene rings is 2. The van der Waals surface area contributed by atoms with Gasteiger partial charge in [0.05, 0.1) is 31.7 Å². The van der Waals surface area contributed by atoms with E-state index in [1.807, 2.05) is 48.5 Å². The van der Waals surface area contributed by atoms with E-state index in [1.165, 1.54) is 6.20 Å². The van der Waals surface area contributed by atoms with Gasteiger partial charge in [-0.05, 0) is 47.7 Å². The Bertz CT molecular complexity index is 1180. The van der Waals surface area contributed by atoms with E-state index in [0.29, 0.717) is 57.1 Å². The van der Waals surface area contributed by atoms with E-state index in [0.717, 1.165) is 21.4 Å². The Kier molecular flexibility index (Phi) is 8.39. The Morgan fingerprint density at radius 3 is 2.69 bits per heavy atom. The van der Waals surface area contributed by atoms with Gasteiger partial charge >= 0.3 is 5.97 Å². The number of aromatic nitrogens is 1. The Morgan fingerprint density at radius 2 is 1.92 bits per heavy atom. The van der Waals surface area contributed by atoms with Crippen molar-refractivity contribution < 1.29 is 24.2 Å². The van der Waals surface area contributed by atoms with Gasteiger partial charge in [0, 0.05) is 25.6 Å². The predicted molar refractivity (Wildman–Crippen MR) is 135 cm³/mol. The summed E-state index contributed by atoms with van der Waals surface area (Å²) >= 11 is 0. The average Bonchev–Trinajstić information content (AvgIpc) is 3.00. The number of carboxylic acid groups (broad SMARTS) is 1. The van der Waals surface area contributed by atoms with E-state index in [1.54, 1.807) is 23.1 Å². The first-order valence-corrected chi connectivity index (χ1v) is 12.2. The highest BCUT2D eigenvalue weighted by atomic mass is 16.5. The number of amides is 1. The number of rotatable bonds is 11. The summed E-state index contributed by atoms with van der Waals surface area (Å²) < 4.78 is 6.73. The molecule has 1 atom stereocenters. The summed E-state index contributed by atoms with van der Waals surface area (Å²) in [6.45, 7) is 2.01. The van der Waals surface area contributed by atoms with Crippen LogP contribution in [0.5, 0.6) is 5.75 Å². The minimum absolute atomic E-state index is 0.116. The molecule has 0 unspecified atom stereocenters. The van der Waals surface area contributed by atoms with Gasteiger partial charge in [0.25, 0.3) is 5.82 Å². The smallest absolute Gasteiger partial charge is 0.304 e. The van der Waals surface area contributed by atoms with E-state index < -0.39 is 11.9 Å². The summed E-state index contributed by atoms with van der Waals surface area (Å²) in [6.07, 6.45) is 3.07. The maximum atomic E-state index is 13.2. The highest BCUT2D eigenvalue weighted by Gasteiger charge is 2.31. The highest BCUT2D eigenvalue weighted by molar-refractivity contribution is 5.84. The van der Waals surface area contributed by atoms with E-state index in [4.69, 9.17) is 4.74 Å². The molecule has 2 N–H and O–H groups in total. The molecule has 0 spiro atoms. The number of fused-ring (bicyclic) bond motifs is 1. The maximum absolute atomic E-state index is 13.2. The fourth-order valence-corrected chi connectivity index (χ4v) is 4.44. The number of nitrogens with one attached hydrogen (secondary N) is 1. The van der Waals surface area contributed by atoms with Crippen LogP contribution in [0.4, 0.5) is 5.82 Å². The lowest BCUT2D eigenvalue weighted by molar-refractivity contribution is -0.590. The molecule has 1 amide bonds. The van der Waals surface area contributed by atoms with Crippen molar-refractivity contribution in [3.05, 3.63) is 94.8 Å². The number of anilines is 1. The number of hydrogen-bond acceptors (Lipinski definition) is 5. The molecule has 2 heterocycles. The summed E-state index contributed by atoms with van der Waals surface area (Å²) in [5.41, 5.74) is 3.10. The Morgan fingerprint density at radius 1 is 1.11 bits per heavy atom. The van der Waals surface area contributed by atoms with E-state index in [2.05, 4.69) is 5.32 Å². The van der Waals surface area contributed by atoms with Crippen molar-refractivity contribution in [2.24, 2.45) is 5.92 Å².